The highest BCUT2D eigenvalue weighted by Crippen LogP contribution is 2.20. The predicted octanol–water partition coefficient (Wildman–Crippen LogP) is 2.41. The fourth-order valence-corrected chi connectivity index (χ4v) is 3.85. The van der Waals surface area contributed by atoms with Gasteiger partial charge in [0.2, 0.25) is 5.91 Å². The van der Waals surface area contributed by atoms with Gasteiger partial charge in [-0.3, -0.25) is 14.6 Å². The minimum absolute atomic E-state index is 0.0151. The third-order valence-corrected chi connectivity index (χ3v) is 5.53. The van der Waals surface area contributed by atoms with Crippen LogP contribution in [0.25, 0.3) is 0 Å². The van der Waals surface area contributed by atoms with Gasteiger partial charge in [0.05, 0.1) is 0 Å². The third kappa shape index (κ3) is 4.56. The molecule has 2 aromatic carbocycles. The van der Waals surface area contributed by atoms with Crippen LogP contribution in [0.5, 0.6) is 0 Å². The van der Waals surface area contributed by atoms with Crippen LogP contribution in [0.15, 0.2) is 54.6 Å². The molecule has 0 saturated carbocycles. The number of hydrogen-bond acceptors (Lipinski definition) is 3. The first kappa shape index (κ1) is 19.4. The normalized spacial score (nSPS) is 17.8. The molecule has 0 unspecified atom stereocenters. The highest BCUT2D eigenvalue weighted by atomic mass is 19.1. The van der Waals surface area contributed by atoms with Crippen molar-refractivity contribution >= 4 is 17.6 Å². The van der Waals surface area contributed by atoms with Crippen molar-refractivity contribution in [3.8, 4) is 0 Å². The lowest BCUT2D eigenvalue weighted by Crippen LogP contribution is -2.51. The van der Waals surface area contributed by atoms with Crippen LogP contribution in [0.2, 0.25) is 0 Å². The largest absolute Gasteiger partial charge is 0.339 e. The van der Waals surface area contributed by atoms with E-state index >= 15 is 0 Å². The molecule has 2 aliphatic heterocycles. The van der Waals surface area contributed by atoms with Gasteiger partial charge in [0.25, 0.3) is 0 Å². The number of carbonyl (C=O) groups is 2. The molecule has 0 radical (unpaired) electrons. The topological polar surface area (TPSA) is 47.1 Å². The first-order valence-corrected chi connectivity index (χ1v) is 9.96. The molecule has 29 heavy (non-hydrogen) atoms. The van der Waals surface area contributed by atoms with Gasteiger partial charge in [-0.15, -0.1) is 0 Å². The van der Waals surface area contributed by atoms with Crippen molar-refractivity contribution in [1.29, 1.82) is 0 Å². The number of amides is 3. The molecule has 0 atom stereocenters. The van der Waals surface area contributed by atoms with Crippen LogP contribution in [0.4, 0.5) is 14.9 Å². The second-order valence-electron chi connectivity index (χ2n) is 7.47. The molecule has 7 heteroatoms. The van der Waals surface area contributed by atoms with Crippen molar-refractivity contribution in [2.24, 2.45) is 0 Å². The number of carbonyl (C=O) groups excluding carboxylic acids is 2. The second kappa shape index (κ2) is 8.61. The van der Waals surface area contributed by atoms with Crippen LogP contribution in [-0.2, 0) is 11.3 Å². The summed E-state index contributed by atoms with van der Waals surface area (Å²) in [4.78, 5) is 32.7. The van der Waals surface area contributed by atoms with E-state index < -0.39 is 0 Å². The second-order valence-corrected chi connectivity index (χ2v) is 7.47. The molecule has 152 valence electrons. The highest BCUT2D eigenvalue weighted by Gasteiger charge is 2.32. The van der Waals surface area contributed by atoms with Crippen molar-refractivity contribution in [2.45, 2.75) is 6.54 Å². The van der Waals surface area contributed by atoms with E-state index in [4.69, 9.17) is 0 Å². The molecular weight excluding hydrogens is 371 g/mol. The highest BCUT2D eigenvalue weighted by molar-refractivity contribution is 5.96. The molecule has 2 aromatic rings. The van der Waals surface area contributed by atoms with E-state index in [-0.39, 0.29) is 24.3 Å². The van der Waals surface area contributed by atoms with Gasteiger partial charge in [0.15, 0.2) is 0 Å². The summed E-state index contributed by atoms with van der Waals surface area (Å²) in [5.41, 5.74) is 1.93. The van der Waals surface area contributed by atoms with Crippen molar-refractivity contribution in [2.75, 3.05) is 50.7 Å². The molecule has 6 nitrogen and oxygen atoms in total. The molecule has 2 aliphatic rings. The first-order chi connectivity index (χ1) is 14.1. The molecule has 4 rings (SSSR count). The number of urea groups is 1. The van der Waals surface area contributed by atoms with E-state index in [1.54, 1.807) is 21.9 Å². The average Bonchev–Trinajstić information content (AvgIpc) is 3.10. The summed E-state index contributed by atoms with van der Waals surface area (Å²) in [5.74, 6) is -0.350. The molecule has 0 bridgehead atoms. The van der Waals surface area contributed by atoms with Crippen LogP contribution < -0.4 is 4.90 Å². The van der Waals surface area contributed by atoms with Crippen molar-refractivity contribution in [1.82, 2.24) is 14.7 Å². The predicted molar refractivity (Wildman–Crippen MR) is 109 cm³/mol. The molecule has 2 fully saturated rings. The molecule has 0 spiro atoms. The van der Waals surface area contributed by atoms with Crippen molar-refractivity contribution in [3.05, 3.63) is 66.0 Å². The Labute approximate surface area is 170 Å². The third-order valence-electron chi connectivity index (χ3n) is 5.53. The van der Waals surface area contributed by atoms with Crippen molar-refractivity contribution < 1.29 is 14.0 Å². The Morgan fingerprint density at radius 1 is 0.862 bits per heavy atom. The van der Waals surface area contributed by atoms with Gasteiger partial charge < -0.3 is 9.80 Å². The zero-order chi connectivity index (χ0) is 20.2. The van der Waals surface area contributed by atoms with Gasteiger partial charge in [-0.25, -0.2) is 9.18 Å². The maximum atomic E-state index is 13.1. The Bertz CT molecular complexity index is 851. The van der Waals surface area contributed by atoms with E-state index in [1.165, 1.54) is 17.7 Å². The summed E-state index contributed by atoms with van der Waals surface area (Å²) in [7, 11) is 0. The number of halogens is 1. The summed E-state index contributed by atoms with van der Waals surface area (Å²) in [6.07, 6.45) is 0. The van der Waals surface area contributed by atoms with E-state index in [9.17, 15) is 14.0 Å². The monoisotopic (exact) mass is 396 g/mol. The van der Waals surface area contributed by atoms with Gasteiger partial charge in [0.1, 0.15) is 12.4 Å². The number of hydrogen-bond donors (Lipinski definition) is 0. The van der Waals surface area contributed by atoms with Crippen LogP contribution >= 0.6 is 0 Å². The van der Waals surface area contributed by atoms with Crippen LogP contribution in [0.1, 0.15) is 5.56 Å². The Morgan fingerprint density at radius 3 is 2.24 bits per heavy atom. The minimum atomic E-state index is -0.334. The molecule has 2 heterocycles. The van der Waals surface area contributed by atoms with E-state index in [2.05, 4.69) is 17.0 Å². The maximum absolute atomic E-state index is 13.1. The van der Waals surface area contributed by atoms with Crippen LogP contribution in [0.3, 0.4) is 0 Å². The van der Waals surface area contributed by atoms with Gasteiger partial charge in [-0.1, -0.05) is 30.3 Å². The van der Waals surface area contributed by atoms with Gasteiger partial charge in [-0.2, -0.15) is 0 Å². The fourth-order valence-electron chi connectivity index (χ4n) is 3.85. The first-order valence-electron chi connectivity index (χ1n) is 9.96. The maximum Gasteiger partial charge on any atom is 0.325 e. The standard InChI is InChI=1S/C22H25FN4O2/c23-19-6-8-20(9-7-19)27-15-14-26(22(27)29)17-21(28)25-12-10-24(11-13-25)16-18-4-2-1-3-5-18/h1-9H,10-17H2. The summed E-state index contributed by atoms with van der Waals surface area (Å²) in [5, 5.41) is 0. The Kier molecular flexibility index (Phi) is 5.76. The lowest BCUT2D eigenvalue weighted by molar-refractivity contribution is -0.133. The van der Waals surface area contributed by atoms with Crippen LogP contribution in [-0.4, -0.2) is 72.5 Å². The number of benzene rings is 2. The van der Waals surface area contributed by atoms with Gasteiger partial charge >= 0.3 is 6.03 Å². The number of anilines is 1. The molecule has 0 N–H and O–H groups in total. The average molecular weight is 396 g/mol. The number of nitrogens with zero attached hydrogens (tertiary/aromatic N) is 4. The van der Waals surface area contributed by atoms with Crippen LogP contribution in [0, 0.1) is 5.82 Å². The zero-order valence-corrected chi connectivity index (χ0v) is 16.3. The Hall–Kier alpha value is -2.93. The zero-order valence-electron chi connectivity index (χ0n) is 16.3. The van der Waals surface area contributed by atoms with Gasteiger partial charge in [-0.05, 0) is 29.8 Å². The summed E-state index contributed by atoms with van der Waals surface area (Å²) in [6.45, 7) is 4.99. The Morgan fingerprint density at radius 2 is 1.55 bits per heavy atom. The summed E-state index contributed by atoms with van der Waals surface area (Å²) < 4.78 is 13.1. The lowest BCUT2D eigenvalue weighted by Gasteiger charge is -2.35. The lowest BCUT2D eigenvalue weighted by atomic mass is 10.2. The smallest absolute Gasteiger partial charge is 0.325 e. The molecule has 0 aliphatic carbocycles. The number of piperazine rings is 1. The van der Waals surface area contributed by atoms with Gasteiger partial charge in [0, 0.05) is 51.5 Å². The molecule has 0 aromatic heterocycles. The molecule has 2 saturated heterocycles. The number of rotatable bonds is 5. The van der Waals surface area contributed by atoms with Crippen molar-refractivity contribution in [3.63, 3.8) is 0 Å². The molecule has 3 amide bonds. The van der Waals surface area contributed by atoms with E-state index in [1.807, 2.05) is 23.1 Å². The summed E-state index contributed by atoms with van der Waals surface area (Å²) >= 11 is 0. The fraction of sp³-hybridized carbons (Fsp3) is 0.364. The van der Waals surface area contributed by atoms with E-state index in [0.29, 0.717) is 31.9 Å². The summed E-state index contributed by atoms with van der Waals surface area (Å²) in [6, 6.07) is 16.0. The molecular formula is C22H25FN4O2. The van der Waals surface area contributed by atoms with E-state index in [0.717, 1.165) is 19.6 Å². The SMILES string of the molecule is O=C(CN1CCN(c2ccc(F)cc2)C1=O)N1CCN(Cc2ccccc2)CC1. The Balaban J connectivity index is 1.27. The minimum Gasteiger partial charge on any atom is -0.339 e. The quantitative estimate of drug-likeness (QED) is 0.780.